The molecule has 1 aromatic carbocycles. The Morgan fingerprint density at radius 2 is 1.92 bits per heavy atom. The van der Waals surface area contributed by atoms with Gasteiger partial charge in [0.2, 0.25) is 0 Å². The zero-order valence-corrected chi connectivity index (χ0v) is 15.9. The molecular weight excluding hydrogens is 322 g/mol. The normalized spacial score (nSPS) is 18.3. The van der Waals surface area contributed by atoms with Crippen molar-refractivity contribution >= 4 is 5.91 Å². The van der Waals surface area contributed by atoms with Crippen LogP contribution < -0.4 is 0 Å². The molecule has 1 saturated carbocycles. The summed E-state index contributed by atoms with van der Waals surface area (Å²) in [4.78, 5) is 19.3. The lowest BCUT2D eigenvalue weighted by molar-refractivity contribution is 0.0684. The summed E-state index contributed by atoms with van der Waals surface area (Å²) in [6.07, 6.45) is 8.06. The van der Waals surface area contributed by atoms with Gasteiger partial charge < -0.3 is 9.47 Å². The average molecular weight is 351 g/mol. The highest BCUT2D eigenvalue weighted by Gasteiger charge is 2.29. The highest BCUT2D eigenvalue weighted by molar-refractivity contribution is 5.94. The smallest absolute Gasteiger partial charge is 0.253 e. The number of aryl methyl sites for hydroxylation is 2. The largest absolute Gasteiger partial charge is 0.339 e. The lowest BCUT2D eigenvalue weighted by atomic mass is 9.93. The van der Waals surface area contributed by atoms with Crippen molar-refractivity contribution < 1.29 is 4.79 Å². The van der Waals surface area contributed by atoms with Crippen molar-refractivity contribution in [1.29, 1.82) is 0 Å². The maximum atomic E-state index is 12.7. The van der Waals surface area contributed by atoms with E-state index < -0.39 is 0 Å². The Labute approximate surface area is 156 Å². The van der Waals surface area contributed by atoms with E-state index in [1.54, 1.807) is 0 Å². The molecule has 138 valence electrons. The Hall–Kier alpha value is -2.10. The van der Waals surface area contributed by atoms with Gasteiger partial charge in [-0.25, -0.2) is 4.98 Å². The topological polar surface area (TPSA) is 38.1 Å². The lowest BCUT2D eigenvalue weighted by Crippen LogP contribution is -2.38. The van der Waals surface area contributed by atoms with Crippen molar-refractivity contribution in [3.63, 3.8) is 0 Å². The molecule has 0 bridgehead atoms. The molecule has 0 spiro atoms. The molecule has 0 atom stereocenters. The number of carbonyl (C=O) groups excluding carboxylic acids is 1. The fourth-order valence-corrected chi connectivity index (χ4v) is 4.13. The predicted molar refractivity (Wildman–Crippen MR) is 103 cm³/mol. The van der Waals surface area contributed by atoms with Crippen molar-refractivity contribution in [2.75, 3.05) is 13.1 Å². The summed E-state index contributed by atoms with van der Waals surface area (Å²) < 4.78 is 2.43. The molecule has 0 radical (unpaired) electrons. The molecule has 4 rings (SSSR count). The second-order valence-electron chi connectivity index (χ2n) is 8.08. The van der Waals surface area contributed by atoms with E-state index in [2.05, 4.69) is 16.5 Å². The number of aromatic nitrogens is 2. The number of likely N-dealkylation sites (tertiary alicyclic amines) is 1. The molecule has 1 amide bonds. The van der Waals surface area contributed by atoms with Crippen LogP contribution in [0.3, 0.4) is 0 Å². The fraction of sp³-hybridized carbons (Fsp3) is 0.545. The molecule has 2 aliphatic rings. The van der Waals surface area contributed by atoms with Crippen LogP contribution >= 0.6 is 0 Å². The average Bonchev–Trinajstić information content (AvgIpc) is 3.43. The van der Waals surface area contributed by atoms with Gasteiger partial charge in [0.05, 0.1) is 0 Å². The lowest BCUT2D eigenvalue weighted by Gasteiger charge is -2.32. The van der Waals surface area contributed by atoms with Gasteiger partial charge in [0.15, 0.2) is 0 Å². The van der Waals surface area contributed by atoms with E-state index in [9.17, 15) is 4.79 Å². The summed E-state index contributed by atoms with van der Waals surface area (Å²) in [5, 5.41) is 0. The SMILES string of the molecule is Cc1cccc(C(=O)N2CCC(CCn3c(C)cnc3C3CC3)CC2)c1. The maximum Gasteiger partial charge on any atom is 0.253 e. The quantitative estimate of drug-likeness (QED) is 0.804. The number of hydrogen-bond donors (Lipinski definition) is 0. The van der Waals surface area contributed by atoms with Crippen LogP contribution in [0.2, 0.25) is 0 Å². The predicted octanol–water partition coefficient (Wildman–Crippen LogP) is 4.32. The monoisotopic (exact) mass is 351 g/mol. The second kappa shape index (κ2) is 7.26. The molecule has 2 fully saturated rings. The molecule has 1 aliphatic carbocycles. The number of hydrogen-bond acceptors (Lipinski definition) is 2. The summed E-state index contributed by atoms with van der Waals surface area (Å²) in [6, 6.07) is 7.94. The van der Waals surface area contributed by atoms with E-state index in [0.717, 1.165) is 43.6 Å². The fourth-order valence-electron chi connectivity index (χ4n) is 4.13. The van der Waals surface area contributed by atoms with Crippen molar-refractivity contribution in [3.05, 3.63) is 53.1 Å². The van der Waals surface area contributed by atoms with Crippen LogP contribution in [0.1, 0.15) is 65.5 Å². The first kappa shape index (κ1) is 17.3. The molecule has 1 aliphatic heterocycles. The second-order valence-corrected chi connectivity index (χ2v) is 8.08. The Balaban J connectivity index is 1.30. The molecule has 1 aromatic heterocycles. The first-order valence-corrected chi connectivity index (χ1v) is 10.00. The minimum Gasteiger partial charge on any atom is -0.339 e. The van der Waals surface area contributed by atoms with Crippen LogP contribution in [-0.4, -0.2) is 33.4 Å². The van der Waals surface area contributed by atoms with E-state index in [1.807, 2.05) is 42.3 Å². The highest BCUT2D eigenvalue weighted by Crippen LogP contribution is 2.39. The van der Waals surface area contributed by atoms with E-state index in [4.69, 9.17) is 0 Å². The Morgan fingerprint density at radius 3 is 2.62 bits per heavy atom. The standard InChI is InChI=1S/C22H29N3O/c1-16-4-3-5-20(14-16)22(26)24-11-8-18(9-12-24)10-13-25-17(2)15-23-21(25)19-6-7-19/h3-5,14-15,18-19H,6-13H2,1-2H3. The van der Waals surface area contributed by atoms with Gasteiger partial charge in [-0.05, 0) is 64.0 Å². The number of imidazole rings is 1. The molecule has 4 nitrogen and oxygen atoms in total. The molecule has 2 aromatic rings. The van der Waals surface area contributed by atoms with Gasteiger partial charge in [0.25, 0.3) is 5.91 Å². The molecule has 0 N–H and O–H groups in total. The van der Waals surface area contributed by atoms with Crippen molar-refractivity contribution in [1.82, 2.24) is 14.5 Å². The molecule has 26 heavy (non-hydrogen) atoms. The van der Waals surface area contributed by atoms with Crippen LogP contribution in [0.4, 0.5) is 0 Å². The molecule has 4 heteroatoms. The molecule has 2 heterocycles. The third-order valence-electron chi connectivity index (χ3n) is 5.96. The minimum absolute atomic E-state index is 0.189. The van der Waals surface area contributed by atoms with Gasteiger partial charge in [-0.1, -0.05) is 17.7 Å². The third kappa shape index (κ3) is 3.69. The Kier molecular flexibility index (Phi) is 4.84. The minimum atomic E-state index is 0.189. The highest BCUT2D eigenvalue weighted by atomic mass is 16.2. The summed E-state index contributed by atoms with van der Waals surface area (Å²) in [5.41, 5.74) is 3.26. The number of piperidine rings is 1. The summed E-state index contributed by atoms with van der Waals surface area (Å²) >= 11 is 0. The van der Waals surface area contributed by atoms with Crippen LogP contribution in [0.5, 0.6) is 0 Å². The van der Waals surface area contributed by atoms with Crippen LogP contribution in [0.25, 0.3) is 0 Å². The zero-order valence-electron chi connectivity index (χ0n) is 15.9. The first-order valence-electron chi connectivity index (χ1n) is 10.00. The van der Waals surface area contributed by atoms with Gasteiger partial charge in [-0.15, -0.1) is 0 Å². The number of rotatable bonds is 5. The molecule has 1 saturated heterocycles. The van der Waals surface area contributed by atoms with Crippen LogP contribution in [0, 0.1) is 19.8 Å². The van der Waals surface area contributed by atoms with Gasteiger partial charge in [-0.3, -0.25) is 4.79 Å². The van der Waals surface area contributed by atoms with Crippen molar-refractivity contribution in [2.45, 2.75) is 58.4 Å². The number of amides is 1. The third-order valence-corrected chi connectivity index (χ3v) is 5.96. The van der Waals surface area contributed by atoms with Crippen LogP contribution in [-0.2, 0) is 6.54 Å². The molecule has 0 unspecified atom stereocenters. The summed E-state index contributed by atoms with van der Waals surface area (Å²) in [7, 11) is 0. The van der Waals surface area contributed by atoms with E-state index in [-0.39, 0.29) is 5.91 Å². The maximum absolute atomic E-state index is 12.7. The first-order chi connectivity index (χ1) is 12.6. The molecular formula is C22H29N3O. The van der Waals surface area contributed by atoms with Crippen molar-refractivity contribution in [3.8, 4) is 0 Å². The summed E-state index contributed by atoms with van der Waals surface area (Å²) in [6.45, 7) is 7.05. The number of nitrogens with zero attached hydrogens (tertiary/aromatic N) is 3. The van der Waals surface area contributed by atoms with Gasteiger partial charge in [0, 0.05) is 43.0 Å². The number of benzene rings is 1. The van der Waals surface area contributed by atoms with E-state index in [1.165, 1.54) is 30.8 Å². The Bertz CT molecular complexity index is 782. The van der Waals surface area contributed by atoms with Gasteiger partial charge in [-0.2, -0.15) is 0 Å². The van der Waals surface area contributed by atoms with E-state index >= 15 is 0 Å². The Morgan fingerprint density at radius 1 is 1.15 bits per heavy atom. The summed E-state index contributed by atoms with van der Waals surface area (Å²) in [5.74, 6) is 2.91. The van der Waals surface area contributed by atoms with Gasteiger partial charge in [0.1, 0.15) is 5.82 Å². The van der Waals surface area contributed by atoms with Gasteiger partial charge >= 0.3 is 0 Å². The van der Waals surface area contributed by atoms with Crippen LogP contribution in [0.15, 0.2) is 30.5 Å². The van der Waals surface area contributed by atoms with Crippen molar-refractivity contribution in [2.24, 2.45) is 5.92 Å². The van der Waals surface area contributed by atoms with E-state index in [0.29, 0.717) is 11.8 Å². The zero-order chi connectivity index (χ0) is 18.1. The number of carbonyl (C=O) groups is 1.